The molecule has 2 aromatic rings. The SMILES string of the molecule is CCCCN1CC(=O)N(CC(CS(=O)(=O)c2ccc(-c3ccc(C#N)cc3)cc2)C(=O)NO)C1=O. The van der Waals surface area contributed by atoms with E-state index in [2.05, 4.69) is 0 Å². The van der Waals surface area contributed by atoms with Gasteiger partial charge in [0.1, 0.15) is 6.54 Å². The summed E-state index contributed by atoms with van der Waals surface area (Å²) in [5.74, 6) is -3.59. The van der Waals surface area contributed by atoms with E-state index < -0.39 is 45.9 Å². The molecule has 0 aliphatic carbocycles. The van der Waals surface area contributed by atoms with Crippen LogP contribution in [0.1, 0.15) is 25.3 Å². The molecule has 1 aliphatic heterocycles. The number of carbonyl (C=O) groups excluding carboxylic acids is 3. The van der Waals surface area contributed by atoms with Crippen molar-refractivity contribution in [3.05, 3.63) is 54.1 Å². The number of benzene rings is 2. The number of sulfone groups is 1. The lowest BCUT2D eigenvalue weighted by molar-refractivity contribution is -0.134. The monoisotopic (exact) mass is 498 g/mol. The number of unbranched alkanes of at least 4 members (excludes halogenated alkanes) is 1. The van der Waals surface area contributed by atoms with Gasteiger partial charge in [0.25, 0.3) is 0 Å². The Labute approximate surface area is 203 Å². The fourth-order valence-corrected chi connectivity index (χ4v) is 5.30. The van der Waals surface area contributed by atoms with E-state index in [-0.39, 0.29) is 11.4 Å². The van der Waals surface area contributed by atoms with Crippen molar-refractivity contribution in [2.45, 2.75) is 24.7 Å². The Balaban J connectivity index is 1.76. The van der Waals surface area contributed by atoms with Gasteiger partial charge in [-0.05, 0) is 41.8 Å². The number of nitriles is 1. The third-order valence-corrected chi connectivity index (χ3v) is 7.61. The molecule has 1 atom stereocenters. The lowest BCUT2D eigenvalue weighted by atomic mass is 10.0. The van der Waals surface area contributed by atoms with Crippen LogP contribution in [-0.2, 0) is 19.4 Å². The summed E-state index contributed by atoms with van der Waals surface area (Å²) in [6, 6.07) is 14.3. The van der Waals surface area contributed by atoms with Gasteiger partial charge in [0.05, 0.1) is 28.2 Å². The summed E-state index contributed by atoms with van der Waals surface area (Å²) in [6.45, 7) is 1.74. The maximum atomic E-state index is 13.0. The highest BCUT2D eigenvalue weighted by atomic mass is 32.2. The standard InChI is InChI=1S/C24H26N4O6S/c1-2-3-12-27-15-22(29)28(24(27)31)14-20(23(30)26-32)16-35(33,34)21-10-8-19(9-11-21)18-6-4-17(13-25)5-7-18/h4-11,20,32H,2-3,12,14-16H2,1H3,(H,26,30). The van der Waals surface area contributed by atoms with Crippen LogP contribution in [0, 0.1) is 17.2 Å². The Morgan fingerprint density at radius 1 is 1.11 bits per heavy atom. The minimum absolute atomic E-state index is 0.0470. The molecule has 184 valence electrons. The second kappa shape index (κ2) is 11.1. The van der Waals surface area contributed by atoms with Crippen molar-refractivity contribution in [2.75, 3.05) is 25.4 Å². The molecule has 2 aromatic carbocycles. The summed E-state index contributed by atoms with van der Waals surface area (Å²) >= 11 is 0. The summed E-state index contributed by atoms with van der Waals surface area (Å²) in [5.41, 5.74) is 3.47. The minimum Gasteiger partial charge on any atom is -0.315 e. The van der Waals surface area contributed by atoms with Gasteiger partial charge in [-0.25, -0.2) is 18.7 Å². The number of hydrogen-bond acceptors (Lipinski definition) is 7. The zero-order valence-electron chi connectivity index (χ0n) is 19.2. The molecule has 0 radical (unpaired) electrons. The first-order valence-electron chi connectivity index (χ1n) is 11.1. The molecule has 0 bridgehead atoms. The second-order valence-corrected chi connectivity index (χ2v) is 10.3. The molecule has 0 spiro atoms. The van der Waals surface area contributed by atoms with E-state index in [0.717, 1.165) is 22.4 Å². The topological polar surface area (TPSA) is 148 Å². The third kappa shape index (κ3) is 6.03. The van der Waals surface area contributed by atoms with E-state index in [1.807, 2.05) is 13.0 Å². The van der Waals surface area contributed by atoms with Gasteiger partial charge in [-0.15, -0.1) is 0 Å². The largest absolute Gasteiger partial charge is 0.327 e. The summed E-state index contributed by atoms with van der Waals surface area (Å²) < 4.78 is 26.1. The van der Waals surface area contributed by atoms with E-state index in [4.69, 9.17) is 10.5 Å². The van der Waals surface area contributed by atoms with Crippen molar-refractivity contribution in [2.24, 2.45) is 5.92 Å². The lowest BCUT2D eigenvalue weighted by Crippen LogP contribution is -2.44. The number of hydrogen-bond donors (Lipinski definition) is 2. The zero-order valence-corrected chi connectivity index (χ0v) is 20.0. The molecule has 2 N–H and O–H groups in total. The Morgan fingerprint density at radius 2 is 1.71 bits per heavy atom. The lowest BCUT2D eigenvalue weighted by Gasteiger charge is -2.21. The van der Waals surface area contributed by atoms with Crippen LogP contribution in [-0.4, -0.2) is 66.7 Å². The van der Waals surface area contributed by atoms with Crippen LogP contribution in [0.3, 0.4) is 0 Å². The Bertz CT molecular complexity index is 1240. The number of imide groups is 1. The molecule has 4 amide bonds. The molecular weight excluding hydrogens is 472 g/mol. The molecule has 1 aliphatic rings. The first-order chi connectivity index (χ1) is 16.7. The molecule has 1 heterocycles. The van der Waals surface area contributed by atoms with Crippen LogP contribution in [0.15, 0.2) is 53.4 Å². The Kier molecular flexibility index (Phi) is 8.22. The first kappa shape index (κ1) is 25.9. The van der Waals surface area contributed by atoms with Crippen LogP contribution in [0.5, 0.6) is 0 Å². The Hall–Kier alpha value is -3.75. The highest BCUT2D eigenvalue weighted by Gasteiger charge is 2.39. The molecular formula is C24H26N4O6S. The third-order valence-electron chi connectivity index (χ3n) is 5.78. The van der Waals surface area contributed by atoms with Gasteiger partial charge in [0.15, 0.2) is 9.84 Å². The maximum absolute atomic E-state index is 13.0. The number of nitrogens with zero attached hydrogens (tertiary/aromatic N) is 3. The summed E-state index contributed by atoms with van der Waals surface area (Å²) in [4.78, 5) is 39.4. The highest BCUT2D eigenvalue weighted by Crippen LogP contribution is 2.24. The number of rotatable bonds is 10. The smallest absolute Gasteiger partial charge is 0.315 e. The van der Waals surface area contributed by atoms with Gasteiger partial charge >= 0.3 is 6.03 Å². The zero-order chi connectivity index (χ0) is 25.6. The van der Waals surface area contributed by atoms with Gasteiger partial charge < -0.3 is 4.90 Å². The molecule has 1 saturated heterocycles. The summed E-state index contributed by atoms with van der Waals surface area (Å²) in [7, 11) is -4.01. The van der Waals surface area contributed by atoms with Gasteiger partial charge in [-0.1, -0.05) is 37.6 Å². The van der Waals surface area contributed by atoms with Crippen LogP contribution in [0.2, 0.25) is 0 Å². The van der Waals surface area contributed by atoms with Crippen molar-refractivity contribution < 1.29 is 28.0 Å². The van der Waals surface area contributed by atoms with Crippen molar-refractivity contribution >= 4 is 27.7 Å². The summed E-state index contributed by atoms with van der Waals surface area (Å²) in [5, 5.41) is 18.0. The molecule has 35 heavy (non-hydrogen) atoms. The molecule has 0 aromatic heterocycles. The van der Waals surface area contributed by atoms with Crippen LogP contribution in [0.25, 0.3) is 11.1 Å². The normalized spacial score (nSPS) is 14.7. The number of hydroxylamine groups is 1. The van der Waals surface area contributed by atoms with Crippen LogP contribution >= 0.6 is 0 Å². The minimum atomic E-state index is -4.01. The van der Waals surface area contributed by atoms with E-state index >= 15 is 0 Å². The number of carbonyl (C=O) groups is 3. The molecule has 1 unspecified atom stereocenters. The molecule has 11 heteroatoms. The fraction of sp³-hybridized carbons (Fsp3) is 0.333. The quantitative estimate of drug-likeness (QED) is 0.290. The van der Waals surface area contributed by atoms with Gasteiger partial charge in [0.2, 0.25) is 11.8 Å². The second-order valence-electron chi connectivity index (χ2n) is 8.23. The molecule has 10 nitrogen and oxygen atoms in total. The highest BCUT2D eigenvalue weighted by molar-refractivity contribution is 7.91. The average Bonchev–Trinajstić information content (AvgIpc) is 3.14. The first-order valence-corrected chi connectivity index (χ1v) is 12.7. The number of urea groups is 1. The van der Waals surface area contributed by atoms with Gasteiger partial charge in [0, 0.05) is 13.1 Å². The van der Waals surface area contributed by atoms with Gasteiger partial charge in [-0.3, -0.25) is 19.7 Å². The number of nitrogens with one attached hydrogen (secondary N) is 1. The number of amides is 4. The predicted octanol–water partition coefficient (Wildman–Crippen LogP) is 2.18. The van der Waals surface area contributed by atoms with E-state index in [1.54, 1.807) is 36.4 Å². The van der Waals surface area contributed by atoms with Crippen molar-refractivity contribution in [3.63, 3.8) is 0 Å². The van der Waals surface area contributed by atoms with E-state index in [0.29, 0.717) is 18.5 Å². The van der Waals surface area contributed by atoms with Crippen molar-refractivity contribution in [1.29, 1.82) is 5.26 Å². The fourth-order valence-electron chi connectivity index (χ4n) is 3.77. The molecule has 1 fully saturated rings. The predicted molar refractivity (Wildman–Crippen MR) is 126 cm³/mol. The van der Waals surface area contributed by atoms with E-state index in [9.17, 15) is 22.8 Å². The summed E-state index contributed by atoms with van der Waals surface area (Å²) in [6.07, 6.45) is 1.54. The van der Waals surface area contributed by atoms with Crippen molar-refractivity contribution in [3.8, 4) is 17.2 Å². The average molecular weight is 499 g/mol. The van der Waals surface area contributed by atoms with Gasteiger partial charge in [-0.2, -0.15) is 5.26 Å². The van der Waals surface area contributed by atoms with Crippen molar-refractivity contribution in [1.82, 2.24) is 15.3 Å². The maximum Gasteiger partial charge on any atom is 0.327 e. The Morgan fingerprint density at radius 3 is 2.26 bits per heavy atom. The molecule has 0 saturated carbocycles. The van der Waals surface area contributed by atoms with Crippen LogP contribution in [0.4, 0.5) is 4.79 Å². The molecule has 3 rings (SSSR count). The van der Waals surface area contributed by atoms with Crippen LogP contribution < -0.4 is 5.48 Å². The van der Waals surface area contributed by atoms with E-state index in [1.165, 1.54) is 22.5 Å².